The Bertz CT molecular complexity index is 798. The summed E-state index contributed by atoms with van der Waals surface area (Å²) >= 11 is 0. The molecule has 2 aromatic rings. The molecule has 0 bridgehead atoms. The zero-order valence-corrected chi connectivity index (χ0v) is 14.3. The number of benzene rings is 1. The van der Waals surface area contributed by atoms with Gasteiger partial charge in [0, 0.05) is 12.6 Å². The molecule has 1 unspecified atom stereocenters. The van der Waals surface area contributed by atoms with Crippen LogP contribution in [0.15, 0.2) is 24.5 Å². The molecule has 1 aromatic carbocycles. The van der Waals surface area contributed by atoms with Crippen LogP contribution in [0.2, 0.25) is 0 Å². The number of aromatic nitrogens is 2. The van der Waals surface area contributed by atoms with E-state index < -0.39 is 29.0 Å². The van der Waals surface area contributed by atoms with Gasteiger partial charge in [0.25, 0.3) is 5.91 Å². The van der Waals surface area contributed by atoms with E-state index >= 15 is 0 Å². The normalized spacial score (nSPS) is 17.2. The van der Waals surface area contributed by atoms with Crippen molar-refractivity contribution in [3.05, 3.63) is 47.7 Å². The lowest BCUT2D eigenvalue weighted by atomic mass is 10.0. The summed E-state index contributed by atoms with van der Waals surface area (Å²) < 4.78 is 39.8. The van der Waals surface area contributed by atoms with E-state index in [-0.39, 0.29) is 5.69 Å². The molecule has 1 N–H and O–H groups in total. The van der Waals surface area contributed by atoms with Crippen molar-refractivity contribution in [2.24, 2.45) is 0 Å². The molecule has 0 spiro atoms. The third-order valence-electron chi connectivity index (χ3n) is 4.55. The number of carbonyl (C=O) groups is 1. The minimum Gasteiger partial charge on any atom is -0.352 e. The van der Waals surface area contributed by atoms with Crippen molar-refractivity contribution in [2.45, 2.75) is 38.6 Å². The van der Waals surface area contributed by atoms with Gasteiger partial charge in [-0.05, 0) is 37.8 Å². The standard InChI is InChI=1S/C18H19F3N4O/c1-2-11-5-3-4-8-25(11)15-10-22-14(9-23-15)18(26)24-13-7-6-12(19)16(20)17(13)21/h6-7,9-11H,2-5,8H2,1H3,(H,24,26). The summed E-state index contributed by atoms with van der Waals surface area (Å²) in [5.41, 5.74) is -0.496. The van der Waals surface area contributed by atoms with Crippen molar-refractivity contribution in [2.75, 3.05) is 16.8 Å². The van der Waals surface area contributed by atoms with Crippen LogP contribution in [-0.4, -0.2) is 28.5 Å². The third kappa shape index (κ3) is 3.63. The highest BCUT2D eigenvalue weighted by Gasteiger charge is 2.23. The maximum absolute atomic E-state index is 13.7. The Morgan fingerprint density at radius 3 is 2.69 bits per heavy atom. The van der Waals surface area contributed by atoms with Gasteiger partial charge in [-0.25, -0.2) is 23.1 Å². The molecule has 0 aliphatic carbocycles. The van der Waals surface area contributed by atoms with E-state index in [2.05, 4.69) is 27.1 Å². The second-order valence-corrected chi connectivity index (χ2v) is 6.19. The van der Waals surface area contributed by atoms with Gasteiger partial charge in [0.05, 0.1) is 18.1 Å². The highest BCUT2D eigenvalue weighted by atomic mass is 19.2. The Labute approximate surface area is 149 Å². The van der Waals surface area contributed by atoms with Crippen LogP contribution in [-0.2, 0) is 0 Å². The van der Waals surface area contributed by atoms with Crippen LogP contribution in [0.3, 0.4) is 0 Å². The number of anilines is 2. The van der Waals surface area contributed by atoms with Crippen LogP contribution >= 0.6 is 0 Å². The lowest BCUT2D eigenvalue weighted by molar-refractivity contribution is 0.102. The predicted molar refractivity (Wildman–Crippen MR) is 91.6 cm³/mol. The van der Waals surface area contributed by atoms with Gasteiger partial charge >= 0.3 is 0 Å². The highest BCUT2D eigenvalue weighted by Crippen LogP contribution is 2.24. The molecule has 0 saturated carbocycles. The fourth-order valence-corrected chi connectivity index (χ4v) is 3.12. The molecule has 1 saturated heterocycles. The maximum Gasteiger partial charge on any atom is 0.275 e. The number of amides is 1. The molecule has 0 radical (unpaired) electrons. The van der Waals surface area contributed by atoms with E-state index in [0.717, 1.165) is 37.9 Å². The quantitative estimate of drug-likeness (QED) is 0.836. The number of nitrogens with one attached hydrogen (secondary N) is 1. The Morgan fingerprint density at radius 2 is 2.00 bits per heavy atom. The van der Waals surface area contributed by atoms with Gasteiger partial charge in [-0.1, -0.05) is 6.92 Å². The predicted octanol–water partition coefficient (Wildman–Crippen LogP) is 3.92. The molecule has 1 aromatic heterocycles. The zero-order chi connectivity index (χ0) is 18.7. The Balaban J connectivity index is 1.74. The number of halogens is 3. The molecule has 138 valence electrons. The number of nitrogens with zero attached hydrogens (tertiary/aromatic N) is 3. The number of hydrogen-bond acceptors (Lipinski definition) is 4. The van der Waals surface area contributed by atoms with Crippen molar-refractivity contribution in [3.63, 3.8) is 0 Å². The SMILES string of the molecule is CCC1CCCCN1c1cnc(C(=O)Nc2ccc(F)c(F)c2F)cn1. The maximum atomic E-state index is 13.7. The van der Waals surface area contributed by atoms with Crippen molar-refractivity contribution in [3.8, 4) is 0 Å². The first-order chi connectivity index (χ1) is 12.5. The number of carbonyl (C=O) groups excluding carboxylic acids is 1. The summed E-state index contributed by atoms with van der Waals surface area (Å²) in [6, 6.07) is 2.09. The topological polar surface area (TPSA) is 58.1 Å². The first-order valence-corrected chi connectivity index (χ1v) is 8.54. The van der Waals surface area contributed by atoms with Gasteiger partial charge in [0.2, 0.25) is 0 Å². The smallest absolute Gasteiger partial charge is 0.275 e. The van der Waals surface area contributed by atoms with E-state index in [1.54, 1.807) is 0 Å². The fourth-order valence-electron chi connectivity index (χ4n) is 3.12. The summed E-state index contributed by atoms with van der Waals surface area (Å²) in [6.45, 7) is 3.01. The Morgan fingerprint density at radius 1 is 1.19 bits per heavy atom. The summed E-state index contributed by atoms with van der Waals surface area (Å²) in [5.74, 6) is -4.48. The van der Waals surface area contributed by atoms with E-state index in [9.17, 15) is 18.0 Å². The van der Waals surface area contributed by atoms with Crippen molar-refractivity contribution in [1.29, 1.82) is 0 Å². The average molecular weight is 364 g/mol. The molecule has 1 aliphatic rings. The fraction of sp³-hybridized carbons (Fsp3) is 0.389. The second kappa shape index (κ2) is 7.72. The molecule has 2 heterocycles. The largest absolute Gasteiger partial charge is 0.352 e. The summed E-state index contributed by atoms with van der Waals surface area (Å²) in [5, 5.41) is 2.18. The van der Waals surface area contributed by atoms with Crippen LogP contribution in [0.25, 0.3) is 0 Å². The Kier molecular flexibility index (Phi) is 5.39. The van der Waals surface area contributed by atoms with Crippen LogP contribution in [0.4, 0.5) is 24.7 Å². The summed E-state index contributed by atoms with van der Waals surface area (Å²) in [6.07, 6.45) is 7.15. The lowest BCUT2D eigenvalue weighted by Gasteiger charge is -2.35. The summed E-state index contributed by atoms with van der Waals surface area (Å²) in [4.78, 5) is 22.7. The molecular formula is C18H19F3N4O. The molecule has 1 amide bonds. The molecule has 1 atom stereocenters. The van der Waals surface area contributed by atoms with Crippen molar-refractivity contribution in [1.82, 2.24) is 9.97 Å². The van der Waals surface area contributed by atoms with Crippen molar-refractivity contribution < 1.29 is 18.0 Å². The first kappa shape index (κ1) is 18.2. The first-order valence-electron chi connectivity index (χ1n) is 8.54. The molecule has 5 nitrogen and oxygen atoms in total. The van der Waals surface area contributed by atoms with Crippen LogP contribution in [0.5, 0.6) is 0 Å². The molecule has 26 heavy (non-hydrogen) atoms. The van der Waals surface area contributed by atoms with Gasteiger partial charge in [0.1, 0.15) is 11.5 Å². The summed E-state index contributed by atoms with van der Waals surface area (Å²) in [7, 11) is 0. The van der Waals surface area contributed by atoms with Gasteiger partial charge in [-0.2, -0.15) is 0 Å². The van der Waals surface area contributed by atoms with E-state index in [0.29, 0.717) is 11.9 Å². The molecule has 3 rings (SSSR count). The highest BCUT2D eigenvalue weighted by molar-refractivity contribution is 6.02. The number of piperidine rings is 1. The van der Waals surface area contributed by atoms with Crippen LogP contribution in [0, 0.1) is 17.5 Å². The minimum absolute atomic E-state index is 0.0389. The molecule has 8 heteroatoms. The van der Waals surface area contributed by atoms with Crippen LogP contribution < -0.4 is 10.2 Å². The molecule has 1 aliphatic heterocycles. The zero-order valence-electron chi connectivity index (χ0n) is 14.3. The van der Waals surface area contributed by atoms with Gasteiger partial charge in [-0.15, -0.1) is 0 Å². The number of rotatable bonds is 4. The monoisotopic (exact) mass is 364 g/mol. The Hall–Kier alpha value is -2.64. The third-order valence-corrected chi connectivity index (χ3v) is 4.55. The molecular weight excluding hydrogens is 345 g/mol. The van der Waals surface area contributed by atoms with Gasteiger partial charge in [0.15, 0.2) is 17.5 Å². The van der Waals surface area contributed by atoms with Gasteiger partial charge < -0.3 is 10.2 Å². The number of hydrogen-bond donors (Lipinski definition) is 1. The molecule has 1 fully saturated rings. The minimum atomic E-state index is -1.64. The van der Waals surface area contributed by atoms with Crippen LogP contribution in [0.1, 0.15) is 43.1 Å². The average Bonchev–Trinajstić information content (AvgIpc) is 2.68. The van der Waals surface area contributed by atoms with E-state index in [1.807, 2.05) is 0 Å². The van der Waals surface area contributed by atoms with Gasteiger partial charge in [-0.3, -0.25) is 4.79 Å². The second-order valence-electron chi connectivity index (χ2n) is 6.19. The van der Waals surface area contributed by atoms with Crippen molar-refractivity contribution >= 4 is 17.4 Å². The van der Waals surface area contributed by atoms with E-state index in [1.165, 1.54) is 18.8 Å². The lowest BCUT2D eigenvalue weighted by Crippen LogP contribution is -2.39. The van der Waals surface area contributed by atoms with E-state index in [4.69, 9.17) is 0 Å².